The van der Waals surface area contributed by atoms with Crippen molar-refractivity contribution < 1.29 is 4.79 Å². The minimum atomic E-state index is -0.532. The molecule has 0 saturated carbocycles. The fraction of sp³-hybridized carbons (Fsp3) is 0.394. The van der Waals surface area contributed by atoms with Crippen molar-refractivity contribution in [2.75, 3.05) is 6.54 Å². The lowest BCUT2D eigenvalue weighted by Crippen LogP contribution is -2.46. The minimum absolute atomic E-state index is 0.0182. The van der Waals surface area contributed by atoms with Crippen molar-refractivity contribution in [1.29, 1.82) is 5.26 Å². The molecule has 0 aromatic heterocycles. The van der Waals surface area contributed by atoms with Crippen molar-refractivity contribution in [2.24, 2.45) is 5.92 Å². The van der Waals surface area contributed by atoms with Crippen molar-refractivity contribution in [2.45, 2.75) is 70.4 Å². The van der Waals surface area contributed by atoms with Crippen LogP contribution in [0.25, 0.3) is 0 Å². The van der Waals surface area contributed by atoms with E-state index in [1.54, 1.807) is 0 Å². The molecular weight excluding hydrogens is 454 g/mol. The van der Waals surface area contributed by atoms with Gasteiger partial charge in [-0.25, -0.2) is 0 Å². The minimum Gasteiger partial charge on any atom is -0.344 e. The van der Waals surface area contributed by atoms with Gasteiger partial charge in [-0.05, 0) is 48.4 Å². The summed E-state index contributed by atoms with van der Waals surface area (Å²) < 4.78 is 0. The van der Waals surface area contributed by atoms with Crippen molar-refractivity contribution in [1.82, 2.24) is 10.6 Å². The highest BCUT2D eigenvalue weighted by Gasteiger charge is 2.35. The van der Waals surface area contributed by atoms with Gasteiger partial charge in [-0.3, -0.25) is 4.79 Å². The van der Waals surface area contributed by atoms with E-state index in [1.807, 2.05) is 54.6 Å². The Kier molecular flexibility index (Phi) is 10.9. The Bertz CT molecular complexity index is 1070. The summed E-state index contributed by atoms with van der Waals surface area (Å²) in [6, 6.07) is 32.5. The van der Waals surface area contributed by atoms with Crippen LogP contribution in [-0.4, -0.2) is 18.5 Å². The Hall–Kier alpha value is -3.42. The molecule has 0 spiro atoms. The average molecular weight is 496 g/mol. The third-order valence-electron chi connectivity index (χ3n) is 7.33. The summed E-state index contributed by atoms with van der Waals surface area (Å²) in [6.07, 6.45) is 4.36. The average Bonchev–Trinajstić information content (AvgIpc) is 2.94. The van der Waals surface area contributed by atoms with Gasteiger partial charge in [0, 0.05) is 0 Å². The molecule has 3 aromatic carbocycles. The van der Waals surface area contributed by atoms with Crippen molar-refractivity contribution in [3.05, 3.63) is 108 Å². The predicted molar refractivity (Wildman–Crippen MR) is 152 cm³/mol. The van der Waals surface area contributed by atoms with Crippen LogP contribution in [0.3, 0.4) is 0 Å². The summed E-state index contributed by atoms with van der Waals surface area (Å²) in [5.74, 6) is 0.209. The topological polar surface area (TPSA) is 64.9 Å². The second-order valence-electron chi connectivity index (χ2n) is 10.1. The Morgan fingerprint density at radius 2 is 1.41 bits per heavy atom. The van der Waals surface area contributed by atoms with E-state index in [9.17, 15) is 10.1 Å². The highest BCUT2D eigenvalue weighted by atomic mass is 16.2. The van der Waals surface area contributed by atoms with Gasteiger partial charge in [0.2, 0.25) is 5.91 Å². The Balaban J connectivity index is 1.69. The van der Waals surface area contributed by atoms with Crippen molar-refractivity contribution in [3.63, 3.8) is 0 Å². The molecule has 4 nitrogen and oxygen atoms in total. The molecule has 0 heterocycles. The van der Waals surface area contributed by atoms with E-state index in [1.165, 1.54) is 0 Å². The third kappa shape index (κ3) is 7.54. The van der Waals surface area contributed by atoms with Crippen LogP contribution in [-0.2, 0) is 10.2 Å². The number of carbonyl (C=O) groups excluding carboxylic acids is 1. The molecule has 194 valence electrons. The standard InChI is InChI=1S/C33H41N3O/c1-4-5-22-30(35-24-15-23-33(25-34,26(2)3)29-20-13-8-14-21-29)32(37)36-31(27-16-9-6-10-17-27)28-18-11-7-12-19-28/h6-14,16-21,26,30-31,35H,4-5,15,22-24H2,1-3H3,(H,36,37)/t30-,33-/m0/s1. The zero-order chi connectivity index (χ0) is 26.5. The lowest BCUT2D eigenvalue weighted by molar-refractivity contribution is -0.123. The molecule has 0 bridgehead atoms. The molecular formula is C33H41N3O. The summed E-state index contributed by atoms with van der Waals surface area (Å²) in [7, 11) is 0. The fourth-order valence-corrected chi connectivity index (χ4v) is 5.02. The summed E-state index contributed by atoms with van der Waals surface area (Å²) in [5, 5.41) is 17.0. The second-order valence-corrected chi connectivity index (χ2v) is 10.1. The van der Waals surface area contributed by atoms with Gasteiger partial charge in [0.05, 0.1) is 23.6 Å². The summed E-state index contributed by atoms with van der Waals surface area (Å²) in [4.78, 5) is 13.6. The zero-order valence-electron chi connectivity index (χ0n) is 22.5. The quantitative estimate of drug-likeness (QED) is 0.238. The van der Waals surface area contributed by atoms with E-state index in [0.717, 1.165) is 48.8 Å². The van der Waals surface area contributed by atoms with E-state index < -0.39 is 5.41 Å². The van der Waals surface area contributed by atoms with Gasteiger partial charge in [0.25, 0.3) is 0 Å². The smallest absolute Gasteiger partial charge is 0.237 e. The Morgan fingerprint density at radius 1 is 0.865 bits per heavy atom. The first-order valence-electron chi connectivity index (χ1n) is 13.6. The van der Waals surface area contributed by atoms with Crippen molar-refractivity contribution >= 4 is 5.91 Å². The molecule has 3 rings (SSSR count). The van der Waals surface area contributed by atoms with Crippen LogP contribution in [0.15, 0.2) is 91.0 Å². The molecule has 0 aliphatic rings. The van der Waals surface area contributed by atoms with Crippen LogP contribution >= 0.6 is 0 Å². The van der Waals surface area contributed by atoms with Gasteiger partial charge in [-0.1, -0.05) is 125 Å². The first-order chi connectivity index (χ1) is 18.0. The van der Waals surface area contributed by atoms with Gasteiger partial charge in [0.15, 0.2) is 0 Å². The molecule has 1 amide bonds. The highest BCUT2D eigenvalue weighted by molar-refractivity contribution is 5.82. The number of hydrogen-bond donors (Lipinski definition) is 2. The maximum absolute atomic E-state index is 13.6. The van der Waals surface area contributed by atoms with E-state index in [0.29, 0.717) is 6.54 Å². The van der Waals surface area contributed by atoms with E-state index in [2.05, 4.69) is 73.9 Å². The maximum atomic E-state index is 13.6. The molecule has 0 aliphatic heterocycles. The number of unbranched alkanes of at least 4 members (excludes halogenated alkanes) is 1. The number of rotatable bonds is 14. The van der Waals surface area contributed by atoms with Crippen LogP contribution in [0.2, 0.25) is 0 Å². The van der Waals surface area contributed by atoms with Gasteiger partial charge >= 0.3 is 0 Å². The fourth-order valence-electron chi connectivity index (χ4n) is 5.02. The highest BCUT2D eigenvalue weighted by Crippen LogP contribution is 2.36. The van der Waals surface area contributed by atoms with Crippen LogP contribution in [0.4, 0.5) is 0 Å². The number of nitriles is 1. The summed E-state index contributed by atoms with van der Waals surface area (Å²) in [6.45, 7) is 7.07. The Morgan fingerprint density at radius 3 is 1.89 bits per heavy atom. The number of amides is 1. The number of benzene rings is 3. The molecule has 0 fully saturated rings. The lowest BCUT2D eigenvalue weighted by Gasteiger charge is -2.32. The summed E-state index contributed by atoms with van der Waals surface area (Å²) in [5.41, 5.74) is 2.67. The molecule has 3 aromatic rings. The normalized spacial score (nSPS) is 13.6. The van der Waals surface area contributed by atoms with Gasteiger partial charge in [-0.2, -0.15) is 5.26 Å². The van der Waals surface area contributed by atoms with Crippen molar-refractivity contribution in [3.8, 4) is 6.07 Å². The van der Waals surface area contributed by atoms with E-state index >= 15 is 0 Å². The van der Waals surface area contributed by atoms with Gasteiger partial charge in [0.1, 0.15) is 0 Å². The van der Waals surface area contributed by atoms with Crippen LogP contribution in [0.5, 0.6) is 0 Å². The third-order valence-corrected chi connectivity index (χ3v) is 7.33. The first kappa shape index (κ1) is 28.2. The van der Waals surface area contributed by atoms with Crippen LogP contribution in [0.1, 0.15) is 75.6 Å². The maximum Gasteiger partial charge on any atom is 0.237 e. The van der Waals surface area contributed by atoms with E-state index in [4.69, 9.17) is 0 Å². The SMILES string of the molecule is CCCC[C@H](NCCC[C@@](C#N)(c1ccccc1)C(C)C)C(=O)NC(c1ccccc1)c1ccccc1. The molecule has 0 aliphatic carbocycles. The second kappa shape index (κ2) is 14.4. The zero-order valence-corrected chi connectivity index (χ0v) is 22.5. The first-order valence-corrected chi connectivity index (χ1v) is 13.6. The van der Waals surface area contributed by atoms with Crippen LogP contribution in [0, 0.1) is 17.2 Å². The number of nitrogens with zero attached hydrogens (tertiary/aromatic N) is 1. The molecule has 37 heavy (non-hydrogen) atoms. The largest absolute Gasteiger partial charge is 0.344 e. The molecule has 2 N–H and O–H groups in total. The van der Waals surface area contributed by atoms with E-state index in [-0.39, 0.29) is 23.9 Å². The van der Waals surface area contributed by atoms with Crippen LogP contribution < -0.4 is 10.6 Å². The van der Waals surface area contributed by atoms with Gasteiger partial charge < -0.3 is 10.6 Å². The number of nitrogens with one attached hydrogen (secondary N) is 2. The Labute approximate surface area is 223 Å². The summed E-state index contributed by atoms with van der Waals surface area (Å²) >= 11 is 0. The monoisotopic (exact) mass is 495 g/mol. The number of hydrogen-bond acceptors (Lipinski definition) is 3. The molecule has 4 heteroatoms. The lowest BCUT2D eigenvalue weighted by atomic mass is 9.70. The number of carbonyl (C=O) groups is 1. The molecule has 0 unspecified atom stereocenters. The predicted octanol–water partition coefficient (Wildman–Crippen LogP) is 6.94. The molecule has 0 radical (unpaired) electrons. The van der Waals surface area contributed by atoms with Gasteiger partial charge in [-0.15, -0.1) is 0 Å². The molecule has 2 atom stereocenters. The molecule has 0 saturated heterocycles.